The molecule has 0 atom stereocenters. The van der Waals surface area contributed by atoms with Crippen LogP contribution < -0.4 is 0 Å². The van der Waals surface area contributed by atoms with Crippen molar-refractivity contribution in [3.8, 4) is 0 Å². The molecule has 0 aliphatic heterocycles. The smallest absolute Gasteiger partial charge is 0.207 e. The van der Waals surface area contributed by atoms with Crippen molar-refractivity contribution in [2.45, 2.75) is 16.4 Å². The van der Waals surface area contributed by atoms with Crippen molar-refractivity contribution in [2.75, 3.05) is 13.6 Å². The summed E-state index contributed by atoms with van der Waals surface area (Å²) in [5.74, 6) is 0. The zero-order chi connectivity index (χ0) is 14.0. The Hall–Kier alpha value is -0.600. The van der Waals surface area contributed by atoms with E-state index in [-0.39, 0.29) is 9.20 Å². The molecule has 0 amide bonds. The molecule has 0 heterocycles. The minimum atomic E-state index is -4.56. The monoisotopic (exact) mass is 345 g/mol. The lowest BCUT2D eigenvalue weighted by atomic mass is 10.2. The highest BCUT2D eigenvalue weighted by Crippen LogP contribution is 2.21. The maximum Gasteiger partial charge on any atom is 0.402 e. The minimum absolute atomic E-state index is 0.154. The summed E-state index contributed by atoms with van der Waals surface area (Å²) >= 11 is 3.19. The third-order valence-corrected chi connectivity index (χ3v) is 4.65. The van der Waals surface area contributed by atoms with Crippen molar-refractivity contribution in [3.63, 3.8) is 0 Å². The van der Waals surface area contributed by atoms with E-state index in [0.29, 0.717) is 5.33 Å². The topological polar surface area (TPSA) is 37.4 Å². The average molecular weight is 346 g/mol. The Balaban J connectivity index is 2.98. The fraction of sp³-hybridized carbons (Fsp3) is 0.400. The first-order chi connectivity index (χ1) is 8.16. The largest absolute Gasteiger partial charge is 0.402 e. The molecule has 1 aromatic carbocycles. The predicted molar refractivity (Wildman–Crippen MR) is 64.9 cm³/mol. The molecule has 0 aromatic heterocycles. The SMILES string of the molecule is CN(CC(F)(F)F)S(=O)(=O)c1ccc(CBr)cc1. The molecule has 18 heavy (non-hydrogen) atoms. The predicted octanol–water partition coefficient (Wildman–Crippen LogP) is 2.76. The second-order valence-corrected chi connectivity index (χ2v) is 6.26. The van der Waals surface area contributed by atoms with Crippen molar-refractivity contribution < 1.29 is 21.6 Å². The van der Waals surface area contributed by atoms with Crippen molar-refractivity contribution in [2.24, 2.45) is 0 Å². The molecule has 1 rings (SSSR count). The molecular formula is C10H11BrF3NO2S. The van der Waals surface area contributed by atoms with E-state index in [9.17, 15) is 21.6 Å². The van der Waals surface area contributed by atoms with Crippen LogP contribution in [0.4, 0.5) is 13.2 Å². The summed E-state index contributed by atoms with van der Waals surface area (Å²) in [5, 5.41) is 0.547. The van der Waals surface area contributed by atoms with Gasteiger partial charge in [-0.2, -0.15) is 17.5 Å². The molecule has 0 saturated carbocycles. The molecule has 1 aromatic rings. The number of nitrogens with zero attached hydrogens (tertiary/aromatic N) is 1. The molecule has 0 bridgehead atoms. The molecule has 0 aliphatic carbocycles. The van der Waals surface area contributed by atoms with Gasteiger partial charge in [-0.15, -0.1) is 0 Å². The van der Waals surface area contributed by atoms with Crippen LogP contribution >= 0.6 is 15.9 Å². The van der Waals surface area contributed by atoms with E-state index in [0.717, 1.165) is 12.6 Å². The van der Waals surface area contributed by atoms with Crippen LogP contribution in [0.1, 0.15) is 5.56 Å². The Kier molecular flexibility index (Phi) is 4.79. The normalized spacial score (nSPS) is 13.0. The molecule has 8 heteroatoms. The first kappa shape index (κ1) is 15.5. The van der Waals surface area contributed by atoms with Crippen LogP contribution in [0.15, 0.2) is 29.2 Å². The first-order valence-electron chi connectivity index (χ1n) is 4.85. The molecule has 0 radical (unpaired) electrons. The Morgan fingerprint density at radius 2 is 1.72 bits per heavy atom. The van der Waals surface area contributed by atoms with Gasteiger partial charge in [-0.3, -0.25) is 0 Å². The van der Waals surface area contributed by atoms with Crippen molar-refractivity contribution in [1.82, 2.24) is 4.31 Å². The van der Waals surface area contributed by atoms with Gasteiger partial charge in [0.2, 0.25) is 10.0 Å². The van der Waals surface area contributed by atoms with Crippen LogP contribution in [0.3, 0.4) is 0 Å². The first-order valence-corrected chi connectivity index (χ1v) is 7.41. The fourth-order valence-electron chi connectivity index (χ4n) is 1.27. The van der Waals surface area contributed by atoms with Crippen molar-refractivity contribution in [1.29, 1.82) is 0 Å². The van der Waals surface area contributed by atoms with Crippen LogP contribution in [-0.2, 0) is 15.4 Å². The van der Waals surface area contributed by atoms with E-state index in [2.05, 4.69) is 15.9 Å². The van der Waals surface area contributed by atoms with Crippen LogP contribution in [-0.4, -0.2) is 32.5 Å². The maximum absolute atomic E-state index is 12.2. The van der Waals surface area contributed by atoms with Gasteiger partial charge in [-0.05, 0) is 17.7 Å². The number of hydrogen-bond acceptors (Lipinski definition) is 2. The zero-order valence-corrected chi connectivity index (χ0v) is 11.8. The summed E-state index contributed by atoms with van der Waals surface area (Å²) in [6.07, 6.45) is -4.56. The highest BCUT2D eigenvalue weighted by molar-refractivity contribution is 9.08. The van der Waals surface area contributed by atoms with E-state index in [4.69, 9.17) is 0 Å². The molecule has 0 unspecified atom stereocenters. The van der Waals surface area contributed by atoms with Gasteiger partial charge in [0.1, 0.15) is 6.54 Å². The summed E-state index contributed by atoms with van der Waals surface area (Å²) in [4.78, 5) is -0.154. The quantitative estimate of drug-likeness (QED) is 0.787. The Morgan fingerprint density at radius 3 is 2.11 bits per heavy atom. The van der Waals surface area contributed by atoms with Gasteiger partial charge >= 0.3 is 6.18 Å². The number of hydrogen-bond donors (Lipinski definition) is 0. The molecule has 102 valence electrons. The van der Waals surface area contributed by atoms with Gasteiger partial charge in [0.15, 0.2) is 0 Å². The average Bonchev–Trinajstić information content (AvgIpc) is 2.27. The highest BCUT2D eigenvalue weighted by atomic mass is 79.9. The highest BCUT2D eigenvalue weighted by Gasteiger charge is 2.34. The van der Waals surface area contributed by atoms with Crippen LogP contribution in [0, 0.1) is 0 Å². The molecule has 0 spiro atoms. The molecule has 0 N–H and O–H groups in total. The van der Waals surface area contributed by atoms with E-state index in [1.54, 1.807) is 12.1 Å². The molecular weight excluding hydrogens is 335 g/mol. The second-order valence-electron chi connectivity index (χ2n) is 3.65. The third kappa shape index (κ3) is 3.96. The Labute approximate surface area is 112 Å². The van der Waals surface area contributed by atoms with Gasteiger partial charge in [-0.1, -0.05) is 28.1 Å². The summed E-state index contributed by atoms with van der Waals surface area (Å²) in [5.41, 5.74) is 0.840. The zero-order valence-electron chi connectivity index (χ0n) is 9.41. The lowest BCUT2D eigenvalue weighted by Gasteiger charge is -2.18. The van der Waals surface area contributed by atoms with E-state index in [1.165, 1.54) is 12.1 Å². The number of rotatable bonds is 4. The van der Waals surface area contributed by atoms with Gasteiger partial charge in [-0.25, -0.2) is 8.42 Å². The summed E-state index contributed by atoms with van der Waals surface area (Å²) < 4.78 is 60.4. The van der Waals surface area contributed by atoms with Gasteiger partial charge in [0, 0.05) is 12.4 Å². The number of benzene rings is 1. The number of alkyl halides is 4. The van der Waals surface area contributed by atoms with Gasteiger partial charge < -0.3 is 0 Å². The van der Waals surface area contributed by atoms with Gasteiger partial charge in [0.25, 0.3) is 0 Å². The summed E-state index contributed by atoms with van der Waals surface area (Å²) in [6.45, 7) is -1.50. The van der Waals surface area contributed by atoms with E-state index >= 15 is 0 Å². The fourth-order valence-corrected chi connectivity index (χ4v) is 2.80. The van der Waals surface area contributed by atoms with Crippen molar-refractivity contribution >= 4 is 26.0 Å². The summed E-state index contributed by atoms with van der Waals surface area (Å²) in [6, 6.07) is 5.67. The lowest BCUT2D eigenvalue weighted by molar-refractivity contribution is -0.134. The lowest BCUT2D eigenvalue weighted by Crippen LogP contribution is -2.35. The third-order valence-electron chi connectivity index (χ3n) is 2.19. The van der Waals surface area contributed by atoms with E-state index in [1.807, 2.05) is 0 Å². The minimum Gasteiger partial charge on any atom is -0.207 e. The second kappa shape index (κ2) is 5.58. The molecule has 0 fully saturated rings. The Morgan fingerprint density at radius 1 is 1.22 bits per heavy atom. The van der Waals surface area contributed by atoms with Crippen LogP contribution in [0.25, 0.3) is 0 Å². The summed E-state index contributed by atoms with van der Waals surface area (Å²) in [7, 11) is -3.20. The van der Waals surface area contributed by atoms with Gasteiger partial charge in [0.05, 0.1) is 4.90 Å². The van der Waals surface area contributed by atoms with Crippen molar-refractivity contribution in [3.05, 3.63) is 29.8 Å². The number of sulfonamides is 1. The van der Waals surface area contributed by atoms with Crippen LogP contribution in [0.2, 0.25) is 0 Å². The molecule has 0 saturated heterocycles. The van der Waals surface area contributed by atoms with E-state index < -0.39 is 22.7 Å². The number of halogens is 4. The molecule has 3 nitrogen and oxygen atoms in total. The standard InChI is InChI=1S/C10H11BrF3NO2S/c1-15(7-10(12,13)14)18(16,17)9-4-2-8(6-11)3-5-9/h2-5H,6-7H2,1H3. The Bertz CT molecular complexity index is 499. The van der Waals surface area contributed by atoms with Crippen LogP contribution in [0.5, 0.6) is 0 Å². The maximum atomic E-state index is 12.2. The molecule has 0 aliphatic rings.